The highest BCUT2D eigenvalue weighted by Gasteiger charge is 2.61. The second kappa shape index (κ2) is 8.54. The minimum atomic E-state index is -0.392. The van der Waals surface area contributed by atoms with Crippen LogP contribution < -0.4 is 0 Å². The Morgan fingerprint density at radius 3 is 2.25 bits per heavy atom. The molecule has 4 fully saturated rings. The van der Waals surface area contributed by atoms with Crippen LogP contribution in [0.5, 0.6) is 0 Å². The fraction of sp³-hybridized carbons (Fsp3) is 1.00. The molecule has 32 heavy (non-hydrogen) atoms. The molecule has 0 spiro atoms. The second-order valence-corrected chi connectivity index (χ2v) is 14.7. The lowest BCUT2D eigenvalue weighted by atomic mass is 9.43. The second-order valence-electron chi connectivity index (χ2n) is 14.7. The van der Waals surface area contributed by atoms with Gasteiger partial charge >= 0.3 is 0 Å². The predicted octanol–water partition coefficient (Wildman–Crippen LogP) is 7.61. The minimum Gasteiger partial charge on any atom is -0.393 e. The van der Waals surface area contributed by atoms with Crippen LogP contribution >= 0.6 is 0 Å². The first-order chi connectivity index (χ1) is 14.8. The average molecular weight is 447 g/mol. The first-order valence-electron chi connectivity index (χ1n) is 14.2. The van der Waals surface area contributed by atoms with Gasteiger partial charge in [0.15, 0.2) is 0 Å². The van der Waals surface area contributed by atoms with E-state index in [9.17, 15) is 10.2 Å². The molecule has 4 rings (SSSR count). The van der Waals surface area contributed by atoms with Crippen LogP contribution in [0.25, 0.3) is 0 Å². The Morgan fingerprint density at radius 1 is 0.906 bits per heavy atom. The molecule has 0 amide bonds. The lowest BCUT2D eigenvalue weighted by Crippen LogP contribution is -2.56. The van der Waals surface area contributed by atoms with Crippen molar-refractivity contribution >= 4 is 0 Å². The third-order valence-corrected chi connectivity index (χ3v) is 12.0. The van der Waals surface area contributed by atoms with E-state index >= 15 is 0 Å². The van der Waals surface area contributed by atoms with Gasteiger partial charge in [0.25, 0.3) is 0 Å². The summed E-state index contributed by atoms with van der Waals surface area (Å²) in [6.07, 6.45) is 14.3. The number of hydrogen-bond acceptors (Lipinski definition) is 2. The van der Waals surface area contributed by atoms with Crippen LogP contribution in [0.3, 0.4) is 0 Å². The van der Waals surface area contributed by atoms with Crippen molar-refractivity contribution in [1.82, 2.24) is 0 Å². The van der Waals surface area contributed by atoms with Crippen LogP contribution in [0.15, 0.2) is 0 Å². The van der Waals surface area contributed by atoms with Crippen molar-refractivity contribution in [3.8, 4) is 0 Å². The van der Waals surface area contributed by atoms with E-state index in [1.807, 2.05) is 0 Å². The summed E-state index contributed by atoms with van der Waals surface area (Å²) in [6, 6.07) is 0. The zero-order chi connectivity index (χ0) is 23.5. The van der Waals surface area contributed by atoms with E-state index in [1.54, 1.807) is 0 Å². The average Bonchev–Trinajstić information content (AvgIpc) is 3.08. The smallest absolute Gasteiger partial charge is 0.0648 e. The molecular weight excluding hydrogens is 392 g/mol. The van der Waals surface area contributed by atoms with Crippen LogP contribution in [0.1, 0.15) is 126 Å². The highest BCUT2D eigenvalue weighted by molar-refractivity contribution is 5.11. The molecule has 2 heteroatoms. The van der Waals surface area contributed by atoms with Crippen molar-refractivity contribution in [3.63, 3.8) is 0 Å². The summed E-state index contributed by atoms with van der Waals surface area (Å²) in [5.74, 6) is 4.43. The minimum absolute atomic E-state index is 0.147. The molecule has 0 aromatic carbocycles. The van der Waals surface area contributed by atoms with E-state index in [0.29, 0.717) is 28.1 Å². The molecule has 0 heterocycles. The van der Waals surface area contributed by atoms with Gasteiger partial charge in [-0.3, -0.25) is 0 Å². The fourth-order valence-electron chi connectivity index (χ4n) is 9.66. The van der Waals surface area contributed by atoms with Gasteiger partial charge in [0, 0.05) is 0 Å². The van der Waals surface area contributed by atoms with Crippen molar-refractivity contribution < 1.29 is 10.2 Å². The Kier molecular flexibility index (Phi) is 6.68. The number of hydrogen-bond donors (Lipinski definition) is 2. The Morgan fingerprint density at radius 2 is 1.59 bits per heavy atom. The predicted molar refractivity (Wildman–Crippen MR) is 134 cm³/mol. The zero-order valence-corrected chi connectivity index (χ0v) is 22.4. The van der Waals surface area contributed by atoms with Crippen molar-refractivity contribution in [3.05, 3.63) is 0 Å². The third-order valence-electron chi connectivity index (χ3n) is 12.0. The molecular formula is C30H54O2. The molecule has 2 unspecified atom stereocenters. The van der Waals surface area contributed by atoms with Gasteiger partial charge in [-0.1, -0.05) is 48.5 Å². The van der Waals surface area contributed by atoms with Gasteiger partial charge in [0.05, 0.1) is 11.7 Å². The third kappa shape index (κ3) is 4.23. The van der Waals surface area contributed by atoms with Gasteiger partial charge in [-0.25, -0.2) is 0 Å². The molecule has 4 aliphatic carbocycles. The quantitative estimate of drug-likeness (QED) is 0.456. The zero-order valence-electron chi connectivity index (χ0n) is 22.4. The highest BCUT2D eigenvalue weighted by atomic mass is 16.3. The maximum absolute atomic E-state index is 11.1. The van der Waals surface area contributed by atoms with Gasteiger partial charge in [-0.05, 0) is 129 Å². The summed E-state index contributed by atoms with van der Waals surface area (Å²) in [5, 5.41) is 22.2. The van der Waals surface area contributed by atoms with Crippen LogP contribution in [0, 0.1) is 51.8 Å². The molecule has 0 bridgehead atoms. The molecule has 0 aromatic rings. The van der Waals surface area contributed by atoms with Crippen LogP contribution in [-0.4, -0.2) is 21.9 Å². The van der Waals surface area contributed by atoms with E-state index in [1.165, 1.54) is 44.9 Å². The van der Waals surface area contributed by atoms with Crippen LogP contribution in [0.4, 0.5) is 0 Å². The van der Waals surface area contributed by atoms with Gasteiger partial charge in [-0.2, -0.15) is 0 Å². The van der Waals surface area contributed by atoms with Crippen LogP contribution in [-0.2, 0) is 0 Å². The largest absolute Gasteiger partial charge is 0.393 e. The van der Waals surface area contributed by atoms with E-state index in [0.717, 1.165) is 55.8 Å². The van der Waals surface area contributed by atoms with Gasteiger partial charge in [-0.15, -0.1) is 0 Å². The molecule has 186 valence electrons. The summed E-state index contributed by atoms with van der Waals surface area (Å²) in [6.45, 7) is 16.6. The molecule has 0 aromatic heterocycles. The summed E-state index contributed by atoms with van der Waals surface area (Å²) in [7, 11) is 0. The Hall–Kier alpha value is -0.0800. The van der Waals surface area contributed by atoms with E-state index < -0.39 is 5.60 Å². The standard InChI is InChI=1S/C30H54O2/c1-8-30(32)18-17-28(6)21(19-30)9-10-22-24-12-11-23(29(24,7)16-13-25(22)28)20(2)26(31)14-15-27(3,4)5/h20-26,31-32H,8-19H2,1-7H3/t20?,21-,22+,23-,24+,25+,26?,28+,29-,30+/m1/s1. The highest BCUT2D eigenvalue weighted by Crippen LogP contribution is 2.69. The van der Waals surface area contributed by atoms with Crippen molar-refractivity contribution in [2.75, 3.05) is 0 Å². The van der Waals surface area contributed by atoms with Gasteiger partial charge in [0.1, 0.15) is 0 Å². The summed E-state index contributed by atoms with van der Waals surface area (Å²) in [4.78, 5) is 0. The first-order valence-corrected chi connectivity index (χ1v) is 14.2. The molecule has 0 radical (unpaired) electrons. The molecule has 2 N–H and O–H groups in total. The van der Waals surface area contributed by atoms with E-state index in [4.69, 9.17) is 0 Å². The van der Waals surface area contributed by atoms with Crippen molar-refractivity contribution in [1.29, 1.82) is 0 Å². The SMILES string of the molecule is CC[C@]1(O)CC[C@@]2(C)[C@H](CC[C@@H]3[C@@H]2CC[C@]2(C)[C@@H](C(C)C(O)CCC(C)(C)C)CC[C@@H]32)C1. The molecule has 2 nitrogen and oxygen atoms in total. The van der Waals surface area contributed by atoms with Gasteiger partial charge < -0.3 is 10.2 Å². The Bertz CT molecular complexity index is 666. The monoisotopic (exact) mass is 446 g/mol. The Balaban J connectivity index is 1.47. The van der Waals surface area contributed by atoms with Crippen molar-refractivity contribution in [2.45, 2.75) is 137 Å². The normalized spacial score (nSPS) is 48.5. The van der Waals surface area contributed by atoms with E-state index in [2.05, 4.69) is 48.5 Å². The molecule has 0 saturated heterocycles. The first kappa shape index (κ1) is 25.0. The van der Waals surface area contributed by atoms with Crippen molar-refractivity contribution in [2.24, 2.45) is 51.8 Å². The summed E-state index contributed by atoms with van der Waals surface area (Å²) < 4.78 is 0. The maximum Gasteiger partial charge on any atom is 0.0648 e. The fourth-order valence-corrected chi connectivity index (χ4v) is 9.66. The van der Waals surface area contributed by atoms with Gasteiger partial charge in [0.2, 0.25) is 0 Å². The lowest BCUT2D eigenvalue weighted by molar-refractivity contribution is -0.154. The lowest BCUT2D eigenvalue weighted by Gasteiger charge is -2.62. The topological polar surface area (TPSA) is 40.5 Å². The summed E-state index contributed by atoms with van der Waals surface area (Å²) in [5.41, 5.74) is 0.781. The molecule has 10 atom stereocenters. The number of fused-ring (bicyclic) bond motifs is 5. The molecule has 4 saturated carbocycles. The Labute approximate surface area is 199 Å². The number of rotatable bonds is 5. The number of aliphatic hydroxyl groups is 2. The molecule has 4 aliphatic rings. The number of aliphatic hydroxyl groups excluding tert-OH is 1. The van der Waals surface area contributed by atoms with E-state index in [-0.39, 0.29) is 6.10 Å². The maximum atomic E-state index is 11.1. The molecule has 0 aliphatic heterocycles. The summed E-state index contributed by atoms with van der Waals surface area (Å²) >= 11 is 0. The van der Waals surface area contributed by atoms with Crippen LogP contribution in [0.2, 0.25) is 0 Å².